The molecule has 0 aliphatic carbocycles. The Bertz CT molecular complexity index is 634. The second kappa shape index (κ2) is 12.5. The van der Waals surface area contributed by atoms with E-state index in [9.17, 15) is 22.8 Å². The summed E-state index contributed by atoms with van der Waals surface area (Å²) in [6, 6.07) is 0. The Kier molecular flexibility index (Phi) is 11.7. The van der Waals surface area contributed by atoms with Crippen LogP contribution in [0.4, 0.5) is 13.2 Å². The van der Waals surface area contributed by atoms with E-state index < -0.39 is 18.1 Å². The van der Waals surface area contributed by atoms with Gasteiger partial charge in [-0.2, -0.15) is 13.2 Å². The number of hydrogen-bond donors (Lipinski definition) is 3. The minimum atomic E-state index is -5.08. The van der Waals surface area contributed by atoms with E-state index in [4.69, 9.17) is 19.4 Å². The first-order valence-corrected chi connectivity index (χ1v) is 10.1. The van der Waals surface area contributed by atoms with E-state index in [1.165, 1.54) is 10.8 Å². The second-order valence-corrected chi connectivity index (χ2v) is 7.62. The smallest absolute Gasteiger partial charge is 0.481 e. The molecule has 0 saturated carbocycles. The Labute approximate surface area is 161 Å². The Morgan fingerprint density at radius 1 is 1.19 bits per heavy atom. The number of halogens is 3. The molecule has 154 valence electrons. The van der Waals surface area contributed by atoms with Crippen LogP contribution in [0.2, 0.25) is 0 Å². The third-order valence-corrected chi connectivity index (χ3v) is 5.20. The largest absolute Gasteiger partial charge is 0.490 e. The van der Waals surface area contributed by atoms with Gasteiger partial charge in [-0.05, 0) is 6.92 Å². The van der Waals surface area contributed by atoms with Gasteiger partial charge in [0.25, 0.3) is 5.91 Å². The first-order chi connectivity index (χ1) is 12.5. The minimum Gasteiger partial charge on any atom is -0.481 e. The standard InChI is InChI=1S/C13H19NO4S2.C2HF3O2/c1-3-10-12(9(2)8-18-10)13(17)14-5-7-20-19-6-4-11(15)16;3-2(4,5)1(6)7/h8H,3-7H2,1-2H3,(H,14,17)(H,15,16);(H,6,7). The third-order valence-electron chi connectivity index (χ3n) is 2.80. The fraction of sp³-hybridized carbons (Fsp3) is 0.533. The second-order valence-electron chi connectivity index (χ2n) is 4.92. The van der Waals surface area contributed by atoms with E-state index >= 15 is 0 Å². The first-order valence-electron chi connectivity index (χ1n) is 7.62. The van der Waals surface area contributed by atoms with Crippen molar-refractivity contribution in [3.8, 4) is 0 Å². The number of carbonyl (C=O) groups excluding carboxylic acids is 1. The molecule has 27 heavy (non-hydrogen) atoms. The molecule has 1 amide bonds. The molecule has 12 heteroatoms. The SMILES string of the molecule is CCc1occ(C)c1C(=O)NCCSSCCC(=O)O.O=C(O)C(F)(F)F. The van der Waals surface area contributed by atoms with Gasteiger partial charge in [0.05, 0.1) is 18.2 Å². The van der Waals surface area contributed by atoms with Gasteiger partial charge < -0.3 is 19.9 Å². The van der Waals surface area contributed by atoms with Crippen LogP contribution < -0.4 is 5.32 Å². The summed E-state index contributed by atoms with van der Waals surface area (Å²) in [5.74, 6) is -1.61. The average Bonchev–Trinajstić information content (AvgIpc) is 2.94. The molecule has 0 radical (unpaired) electrons. The van der Waals surface area contributed by atoms with Gasteiger partial charge in [0.1, 0.15) is 5.76 Å². The molecule has 0 atom stereocenters. The van der Waals surface area contributed by atoms with E-state index in [1.807, 2.05) is 13.8 Å². The van der Waals surface area contributed by atoms with Crippen LogP contribution in [0.15, 0.2) is 10.7 Å². The van der Waals surface area contributed by atoms with Crippen molar-refractivity contribution in [2.24, 2.45) is 0 Å². The Hall–Kier alpha value is -1.82. The Balaban J connectivity index is 0.000000821. The number of rotatable bonds is 9. The van der Waals surface area contributed by atoms with Crippen molar-refractivity contribution >= 4 is 39.4 Å². The zero-order valence-corrected chi connectivity index (χ0v) is 16.2. The normalized spacial score (nSPS) is 10.7. The summed E-state index contributed by atoms with van der Waals surface area (Å²) in [4.78, 5) is 31.2. The summed E-state index contributed by atoms with van der Waals surface area (Å²) in [7, 11) is 3.07. The van der Waals surface area contributed by atoms with E-state index in [1.54, 1.807) is 17.1 Å². The van der Waals surface area contributed by atoms with Crippen LogP contribution in [0.5, 0.6) is 0 Å². The number of carbonyl (C=O) groups is 3. The van der Waals surface area contributed by atoms with Crippen LogP contribution in [0.3, 0.4) is 0 Å². The zero-order valence-electron chi connectivity index (χ0n) is 14.6. The number of carboxylic acids is 2. The highest BCUT2D eigenvalue weighted by atomic mass is 33.1. The highest BCUT2D eigenvalue weighted by molar-refractivity contribution is 8.76. The maximum atomic E-state index is 12.0. The van der Waals surface area contributed by atoms with Crippen LogP contribution in [0.25, 0.3) is 0 Å². The summed E-state index contributed by atoms with van der Waals surface area (Å²) in [5, 5.41) is 18.5. The summed E-state index contributed by atoms with van der Waals surface area (Å²) < 4.78 is 37.1. The number of alkyl halides is 3. The van der Waals surface area contributed by atoms with Crippen molar-refractivity contribution in [1.82, 2.24) is 5.32 Å². The molecule has 0 bridgehead atoms. The highest BCUT2D eigenvalue weighted by Crippen LogP contribution is 2.21. The van der Waals surface area contributed by atoms with Gasteiger partial charge in [0, 0.05) is 30.0 Å². The summed E-state index contributed by atoms with van der Waals surface area (Å²) in [5.41, 5.74) is 1.49. The third kappa shape index (κ3) is 10.8. The molecule has 1 heterocycles. The molecule has 0 spiro atoms. The van der Waals surface area contributed by atoms with Crippen LogP contribution >= 0.6 is 21.6 Å². The molecule has 0 aromatic carbocycles. The van der Waals surface area contributed by atoms with Crippen molar-refractivity contribution in [2.45, 2.75) is 32.9 Å². The molecule has 1 aromatic rings. The van der Waals surface area contributed by atoms with Gasteiger partial charge in [0.15, 0.2) is 0 Å². The molecular formula is C15H20F3NO6S2. The highest BCUT2D eigenvalue weighted by Gasteiger charge is 2.38. The molecule has 0 aliphatic rings. The van der Waals surface area contributed by atoms with Gasteiger partial charge in [-0.15, -0.1) is 0 Å². The number of hydrogen-bond acceptors (Lipinski definition) is 6. The summed E-state index contributed by atoms with van der Waals surface area (Å²) in [6.07, 6.45) is -2.63. The van der Waals surface area contributed by atoms with Crippen molar-refractivity contribution in [3.63, 3.8) is 0 Å². The van der Waals surface area contributed by atoms with E-state index in [2.05, 4.69) is 5.32 Å². The Morgan fingerprint density at radius 3 is 2.22 bits per heavy atom. The molecule has 7 nitrogen and oxygen atoms in total. The first kappa shape index (κ1) is 25.2. The molecule has 0 fully saturated rings. The van der Waals surface area contributed by atoms with Crippen LogP contribution in [0, 0.1) is 6.92 Å². The molecule has 0 unspecified atom stereocenters. The van der Waals surface area contributed by atoms with Crippen molar-refractivity contribution in [1.29, 1.82) is 0 Å². The number of aliphatic carboxylic acids is 2. The van der Waals surface area contributed by atoms with Gasteiger partial charge in [0.2, 0.25) is 0 Å². The lowest BCUT2D eigenvalue weighted by Crippen LogP contribution is -2.26. The van der Waals surface area contributed by atoms with E-state index in [-0.39, 0.29) is 12.3 Å². The fourth-order valence-corrected chi connectivity index (χ4v) is 3.49. The monoisotopic (exact) mass is 431 g/mol. The average molecular weight is 431 g/mol. The number of nitrogens with one attached hydrogen (secondary N) is 1. The lowest BCUT2D eigenvalue weighted by Gasteiger charge is -2.05. The van der Waals surface area contributed by atoms with Crippen LogP contribution in [-0.4, -0.2) is 52.3 Å². The predicted molar refractivity (Wildman–Crippen MR) is 96.0 cm³/mol. The van der Waals surface area contributed by atoms with Crippen LogP contribution in [0.1, 0.15) is 35.0 Å². The molecule has 0 aliphatic heterocycles. The van der Waals surface area contributed by atoms with Gasteiger partial charge in [-0.25, -0.2) is 4.79 Å². The topological polar surface area (TPSA) is 117 Å². The maximum absolute atomic E-state index is 12.0. The van der Waals surface area contributed by atoms with Crippen molar-refractivity contribution in [2.75, 3.05) is 18.1 Å². The predicted octanol–water partition coefficient (Wildman–Crippen LogP) is 3.37. The number of aryl methyl sites for hydroxylation is 2. The molecule has 1 aromatic heterocycles. The van der Waals surface area contributed by atoms with Crippen LogP contribution in [-0.2, 0) is 16.0 Å². The molecular weight excluding hydrogens is 411 g/mol. The molecule has 1 rings (SSSR count). The quantitative estimate of drug-likeness (QED) is 0.403. The number of amides is 1. The summed E-state index contributed by atoms with van der Waals surface area (Å²) >= 11 is 0. The Morgan fingerprint density at radius 2 is 1.74 bits per heavy atom. The number of furan rings is 1. The molecule has 3 N–H and O–H groups in total. The maximum Gasteiger partial charge on any atom is 0.490 e. The van der Waals surface area contributed by atoms with Gasteiger partial charge >= 0.3 is 18.1 Å². The lowest BCUT2D eigenvalue weighted by atomic mass is 10.1. The lowest BCUT2D eigenvalue weighted by molar-refractivity contribution is -0.192. The number of carboxylic acid groups (broad SMARTS) is 2. The van der Waals surface area contributed by atoms with E-state index in [0.717, 1.165) is 11.3 Å². The van der Waals surface area contributed by atoms with Crippen molar-refractivity contribution < 1.29 is 42.2 Å². The fourth-order valence-electron chi connectivity index (χ4n) is 1.60. The van der Waals surface area contributed by atoms with Gasteiger partial charge in [-0.3, -0.25) is 9.59 Å². The molecule has 0 saturated heterocycles. The zero-order chi connectivity index (χ0) is 21.0. The van der Waals surface area contributed by atoms with Gasteiger partial charge in [-0.1, -0.05) is 28.5 Å². The van der Waals surface area contributed by atoms with Crippen molar-refractivity contribution in [3.05, 3.63) is 23.2 Å². The minimum absolute atomic E-state index is 0.107. The summed E-state index contributed by atoms with van der Waals surface area (Å²) in [6.45, 7) is 4.36. The van der Waals surface area contributed by atoms with E-state index in [0.29, 0.717) is 30.0 Å².